The third-order valence-electron chi connectivity index (χ3n) is 4.87. The van der Waals surface area contributed by atoms with E-state index in [1.807, 2.05) is 91.0 Å². The number of esters is 1. The summed E-state index contributed by atoms with van der Waals surface area (Å²) in [6.45, 7) is 2.58. The van der Waals surface area contributed by atoms with Gasteiger partial charge in [-0.25, -0.2) is 4.79 Å². The largest absolute Gasteiger partial charge is 0.462 e. The van der Waals surface area contributed by atoms with Gasteiger partial charge in [-0.3, -0.25) is 0 Å². The van der Waals surface area contributed by atoms with Crippen molar-refractivity contribution in [2.75, 3.05) is 11.9 Å². The maximum absolute atomic E-state index is 13.1. The fourth-order valence-corrected chi connectivity index (χ4v) is 3.43. The summed E-state index contributed by atoms with van der Waals surface area (Å²) < 4.78 is 5.43. The van der Waals surface area contributed by atoms with E-state index in [0.717, 1.165) is 16.7 Å². The quantitative estimate of drug-likeness (QED) is 0.403. The molecule has 0 amide bonds. The maximum atomic E-state index is 13.1. The molecule has 0 saturated carbocycles. The fraction of sp³-hybridized carbons (Fsp3) is 0.115. The van der Waals surface area contributed by atoms with Gasteiger partial charge in [0.05, 0.1) is 6.61 Å². The lowest BCUT2D eigenvalue weighted by molar-refractivity contribution is 0.0528. The van der Waals surface area contributed by atoms with Gasteiger partial charge in [-0.15, -0.1) is 10.2 Å². The van der Waals surface area contributed by atoms with E-state index in [9.17, 15) is 4.79 Å². The van der Waals surface area contributed by atoms with E-state index >= 15 is 0 Å². The van der Waals surface area contributed by atoms with E-state index in [4.69, 9.17) is 4.74 Å². The number of hydrogen-bond acceptors (Lipinski definition) is 5. The second-order valence-electron chi connectivity index (χ2n) is 6.94. The third kappa shape index (κ3) is 4.61. The highest BCUT2D eigenvalue weighted by Crippen LogP contribution is 2.36. The van der Waals surface area contributed by atoms with Gasteiger partial charge in [0, 0.05) is 17.7 Å². The van der Waals surface area contributed by atoms with E-state index in [2.05, 4.69) is 15.5 Å². The number of hydrogen-bond donors (Lipinski definition) is 1. The van der Waals surface area contributed by atoms with Crippen molar-refractivity contribution in [3.8, 4) is 22.4 Å². The number of anilines is 1. The lowest BCUT2D eigenvalue weighted by atomic mass is 9.95. The fourth-order valence-electron chi connectivity index (χ4n) is 3.43. The van der Waals surface area contributed by atoms with Crippen molar-refractivity contribution in [3.63, 3.8) is 0 Å². The van der Waals surface area contributed by atoms with Crippen LogP contribution in [-0.2, 0) is 11.3 Å². The summed E-state index contributed by atoms with van der Waals surface area (Å²) in [5.74, 6) is -0.0233. The maximum Gasteiger partial charge on any atom is 0.342 e. The van der Waals surface area contributed by atoms with Gasteiger partial charge in [-0.05, 0) is 18.1 Å². The van der Waals surface area contributed by atoms with Crippen LogP contribution in [0.5, 0.6) is 0 Å². The number of ether oxygens (including phenoxy) is 1. The molecular formula is C26H23N3O2. The molecule has 0 spiro atoms. The van der Waals surface area contributed by atoms with Crippen molar-refractivity contribution in [3.05, 3.63) is 102 Å². The number of aromatic nitrogens is 2. The molecule has 0 unspecified atom stereocenters. The number of rotatable bonds is 7. The van der Waals surface area contributed by atoms with Gasteiger partial charge in [0.25, 0.3) is 0 Å². The van der Waals surface area contributed by atoms with Crippen LogP contribution in [-0.4, -0.2) is 22.8 Å². The standard InChI is InChI=1S/C26H23N3O2/c1-2-31-26(30)23-22(20-14-8-4-9-15-20)24(21-16-10-5-11-17-21)28-29-25(23)27-18-19-12-6-3-7-13-19/h3-17H,2,18H2,1H3,(H,27,29). The Labute approximate surface area is 181 Å². The second-order valence-corrected chi connectivity index (χ2v) is 6.94. The summed E-state index contributed by atoms with van der Waals surface area (Å²) in [7, 11) is 0. The molecule has 31 heavy (non-hydrogen) atoms. The highest BCUT2D eigenvalue weighted by molar-refractivity contribution is 6.05. The Balaban J connectivity index is 1.89. The molecule has 5 nitrogen and oxygen atoms in total. The molecular weight excluding hydrogens is 386 g/mol. The first-order valence-electron chi connectivity index (χ1n) is 10.2. The molecule has 0 fully saturated rings. The molecule has 3 aromatic carbocycles. The second kappa shape index (κ2) is 9.67. The van der Waals surface area contributed by atoms with E-state index < -0.39 is 5.97 Å². The molecule has 0 aliphatic heterocycles. The Morgan fingerprint density at radius 3 is 2.00 bits per heavy atom. The van der Waals surface area contributed by atoms with E-state index in [1.165, 1.54) is 0 Å². The summed E-state index contributed by atoms with van der Waals surface area (Å²) in [5, 5.41) is 12.2. The Morgan fingerprint density at radius 2 is 1.39 bits per heavy atom. The Bertz CT molecular complexity index is 1150. The van der Waals surface area contributed by atoms with Gasteiger partial charge in [0.2, 0.25) is 0 Å². The summed E-state index contributed by atoms with van der Waals surface area (Å²) in [4.78, 5) is 13.1. The van der Waals surface area contributed by atoms with Crippen LogP contribution in [0.3, 0.4) is 0 Å². The summed E-state index contributed by atoms with van der Waals surface area (Å²) in [6.07, 6.45) is 0. The summed E-state index contributed by atoms with van der Waals surface area (Å²) in [6, 6.07) is 29.5. The smallest absolute Gasteiger partial charge is 0.342 e. The minimum Gasteiger partial charge on any atom is -0.462 e. The lowest BCUT2D eigenvalue weighted by Crippen LogP contribution is -2.15. The van der Waals surface area contributed by atoms with Crippen LogP contribution in [0.25, 0.3) is 22.4 Å². The van der Waals surface area contributed by atoms with Crippen LogP contribution < -0.4 is 5.32 Å². The van der Waals surface area contributed by atoms with Gasteiger partial charge >= 0.3 is 5.97 Å². The molecule has 5 heteroatoms. The Morgan fingerprint density at radius 1 is 0.806 bits per heavy atom. The predicted octanol–water partition coefficient (Wildman–Crippen LogP) is 5.60. The average Bonchev–Trinajstić information content (AvgIpc) is 2.84. The van der Waals surface area contributed by atoms with Crippen LogP contribution in [0.4, 0.5) is 5.82 Å². The molecule has 154 valence electrons. The molecule has 1 N–H and O–H groups in total. The zero-order valence-corrected chi connectivity index (χ0v) is 17.3. The zero-order chi connectivity index (χ0) is 21.5. The van der Waals surface area contributed by atoms with Crippen molar-refractivity contribution in [2.45, 2.75) is 13.5 Å². The van der Waals surface area contributed by atoms with Crippen LogP contribution in [0.15, 0.2) is 91.0 Å². The summed E-state index contributed by atoms with van der Waals surface area (Å²) >= 11 is 0. The van der Waals surface area contributed by atoms with Crippen molar-refractivity contribution >= 4 is 11.8 Å². The van der Waals surface area contributed by atoms with Crippen molar-refractivity contribution in [1.29, 1.82) is 0 Å². The van der Waals surface area contributed by atoms with E-state index in [1.54, 1.807) is 6.92 Å². The number of carbonyl (C=O) groups is 1. The zero-order valence-electron chi connectivity index (χ0n) is 17.3. The molecule has 0 saturated heterocycles. The molecule has 0 atom stereocenters. The lowest BCUT2D eigenvalue weighted by Gasteiger charge is -2.17. The van der Waals surface area contributed by atoms with Crippen LogP contribution >= 0.6 is 0 Å². The first-order valence-corrected chi connectivity index (χ1v) is 10.2. The molecule has 0 aliphatic carbocycles. The average molecular weight is 409 g/mol. The van der Waals surface area contributed by atoms with Gasteiger partial charge in [0.15, 0.2) is 5.82 Å². The Kier molecular flexibility index (Phi) is 6.33. The molecule has 0 bridgehead atoms. The topological polar surface area (TPSA) is 64.1 Å². The first-order chi connectivity index (χ1) is 15.3. The highest BCUT2D eigenvalue weighted by Gasteiger charge is 2.25. The van der Waals surface area contributed by atoms with Crippen LogP contribution in [0.2, 0.25) is 0 Å². The molecule has 0 radical (unpaired) electrons. The first kappa shape index (κ1) is 20.3. The normalized spacial score (nSPS) is 10.5. The van der Waals surface area contributed by atoms with Crippen LogP contribution in [0.1, 0.15) is 22.8 Å². The number of benzene rings is 3. The van der Waals surface area contributed by atoms with E-state index in [-0.39, 0.29) is 6.61 Å². The number of nitrogens with one attached hydrogen (secondary N) is 1. The number of nitrogens with zero attached hydrogens (tertiary/aromatic N) is 2. The van der Waals surface area contributed by atoms with Crippen molar-refractivity contribution in [2.24, 2.45) is 0 Å². The van der Waals surface area contributed by atoms with Gasteiger partial charge < -0.3 is 10.1 Å². The molecule has 4 rings (SSSR count). The molecule has 4 aromatic rings. The monoisotopic (exact) mass is 409 g/mol. The molecule has 1 aromatic heterocycles. The third-order valence-corrected chi connectivity index (χ3v) is 4.87. The van der Waals surface area contributed by atoms with Gasteiger partial charge in [-0.2, -0.15) is 0 Å². The molecule has 1 heterocycles. The van der Waals surface area contributed by atoms with Gasteiger partial charge in [-0.1, -0.05) is 91.0 Å². The predicted molar refractivity (Wildman–Crippen MR) is 123 cm³/mol. The van der Waals surface area contributed by atoms with E-state index in [0.29, 0.717) is 29.2 Å². The highest BCUT2D eigenvalue weighted by atomic mass is 16.5. The van der Waals surface area contributed by atoms with Crippen LogP contribution in [0, 0.1) is 0 Å². The van der Waals surface area contributed by atoms with Crippen molar-refractivity contribution < 1.29 is 9.53 Å². The molecule has 0 aliphatic rings. The van der Waals surface area contributed by atoms with Gasteiger partial charge in [0.1, 0.15) is 11.3 Å². The number of carbonyl (C=O) groups excluding carboxylic acids is 1. The Hall–Kier alpha value is -3.99. The van der Waals surface area contributed by atoms with Crippen molar-refractivity contribution in [1.82, 2.24) is 10.2 Å². The summed E-state index contributed by atoms with van der Waals surface area (Å²) in [5.41, 5.74) is 4.57. The minimum atomic E-state index is -0.427. The SMILES string of the molecule is CCOC(=O)c1c(NCc2ccccc2)nnc(-c2ccccc2)c1-c1ccccc1. The minimum absolute atomic E-state index is 0.272.